The van der Waals surface area contributed by atoms with Crippen molar-refractivity contribution in [3.05, 3.63) is 29.8 Å². The van der Waals surface area contributed by atoms with E-state index in [-0.39, 0.29) is 0 Å². The van der Waals surface area contributed by atoms with Crippen LogP contribution in [0.25, 0.3) is 0 Å². The van der Waals surface area contributed by atoms with Crippen molar-refractivity contribution in [2.45, 2.75) is 6.92 Å². The molecule has 1 aromatic rings. The Morgan fingerprint density at radius 2 is 2.14 bits per heavy atom. The predicted molar refractivity (Wildman–Crippen MR) is 50.1 cm³/mol. The SMILES string of the molecule is CCOC(=O)c1ccccc1OCO. The highest BCUT2D eigenvalue weighted by Crippen LogP contribution is 2.18. The summed E-state index contributed by atoms with van der Waals surface area (Å²) in [5.74, 6) is -0.120. The Morgan fingerprint density at radius 1 is 1.43 bits per heavy atom. The number of hydrogen-bond acceptors (Lipinski definition) is 4. The van der Waals surface area contributed by atoms with Crippen LogP contribution in [-0.2, 0) is 4.74 Å². The molecule has 0 bridgehead atoms. The minimum Gasteiger partial charge on any atom is -0.467 e. The zero-order valence-electron chi connectivity index (χ0n) is 7.90. The highest BCUT2D eigenvalue weighted by atomic mass is 16.6. The van der Waals surface area contributed by atoms with Gasteiger partial charge in [-0.25, -0.2) is 4.79 Å². The highest BCUT2D eigenvalue weighted by Gasteiger charge is 2.12. The van der Waals surface area contributed by atoms with Crippen molar-refractivity contribution in [2.24, 2.45) is 0 Å². The normalized spacial score (nSPS) is 9.57. The fourth-order valence-corrected chi connectivity index (χ4v) is 1.04. The van der Waals surface area contributed by atoms with Crippen LogP contribution in [0.15, 0.2) is 24.3 Å². The molecular weight excluding hydrogens is 184 g/mol. The third-order valence-electron chi connectivity index (χ3n) is 1.60. The molecule has 0 aliphatic heterocycles. The third-order valence-corrected chi connectivity index (χ3v) is 1.60. The quantitative estimate of drug-likeness (QED) is 0.580. The van der Waals surface area contributed by atoms with Gasteiger partial charge in [0, 0.05) is 0 Å². The maximum absolute atomic E-state index is 11.4. The Hall–Kier alpha value is -1.55. The van der Waals surface area contributed by atoms with Gasteiger partial charge in [-0.3, -0.25) is 0 Å². The molecule has 1 N–H and O–H groups in total. The molecule has 0 amide bonds. The van der Waals surface area contributed by atoms with Gasteiger partial charge < -0.3 is 14.6 Å². The van der Waals surface area contributed by atoms with Crippen molar-refractivity contribution >= 4 is 5.97 Å². The number of benzene rings is 1. The van der Waals surface area contributed by atoms with Crippen molar-refractivity contribution in [2.75, 3.05) is 13.4 Å². The Balaban J connectivity index is 2.88. The molecule has 1 rings (SSSR count). The number of aliphatic hydroxyl groups is 1. The summed E-state index contributed by atoms with van der Waals surface area (Å²) in [5.41, 5.74) is 0.323. The van der Waals surface area contributed by atoms with E-state index < -0.39 is 12.8 Å². The first kappa shape index (κ1) is 10.5. The first-order valence-electron chi connectivity index (χ1n) is 4.29. The predicted octanol–water partition coefficient (Wildman–Crippen LogP) is 1.19. The van der Waals surface area contributed by atoms with Gasteiger partial charge in [0.1, 0.15) is 11.3 Å². The zero-order chi connectivity index (χ0) is 10.4. The lowest BCUT2D eigenvalue weighted by atomic mass is 10.2. The first-order valence-corrected chi connectivity index (χ1v) is 4.29. The molecule has 14 heavy (non-hydrogen) atoms. The van der Waals surface area contributed by atoms with Crippen LogP contribution in [0.5, 0.6) is 5.75 Å². The highest BCUT2D eigenvalue weighted by molar-refractivity contribution is 5.92. The first-order chi connectivity index (χ1) is 6.79. The van der Waals surface area contributed by atoms with Crippen molar-refractivity contribution in [1.82, 2.24) is 0 Å². The van der Waals surface area contributed by atoms with Crippen LogP contribution < -0.4 is 4.74 Å². The Kier molecular flexibility index (Phi) is 3.94. The molecule has 0 unspecified atom stereocenters. The molecule has 0 spiro atoms. The largest absolute Gasteiger partial charge is 0.467 e. The van der Waals surface area contributed by atoms with Crippen molar-refractivity contribution in [1.29, 1.82) is 0 Å². The molecule has 0 fully saturated rings. The fourth-order valence-electron chi connectivity index (χ4n) is 1.04. The van der Waals surface area contributed by atoms with Gasteiger partial charge in [-0.2, -0.15) is 0 Å². The molecule has 1 aromatic carbocycles. The number of hydrogen-bond donors (Lipinski definition) is 1. The maximum Gasteiger partial charge on any atom is 0.341 e. The average molecular weight is 196 g/mol. The van der Waals surface area contributed by atoms with E-state index in [1.807, 2.05) is 0 Å². The summed E-state index contributed by atoms with van der Waals surface area (Å²) in [6, 6.07) is 6.61. The van der Waals surface area contributed by atoms with Gasteiger partial charge in [-0.15, -0.1) is 0 Å². The molecule has 0 atom stereocenters. The van der Waals surface area contributed by atoms with Crippen LogP contribution in [0.4, 0.5) is 0 Å². The molecule has 0 saturated carbocycles. The van der Waals surface area contributed by atoms with Crippen LogP contribution in [-0.4, -0.2) is 24.5 Å². The molecule has 4 nitrogen and oxygen atoms in total. The molecule has 0 aliphatic carbocycles. The second-order valence-corrected chi connectivity index (χ2v) is 2.49. The van der Waals surface area contributed by atoms with Crippen LogP contribution in [0.3, 0.4) is 0 Å². The average Bonchev–Trinajstić information content (AvgIpc) is 2.19. The lowest BCUT2D eigenvalue weighted by Crippen LogP contribution is -2.08. The summed E-state index contributed by atoms with van der Waals surface area (Å²) in [4.78, 5) is 11.4. The summed E-state index contributed by atoms with van der Waals surface area (Å²) < 4.78 is 9.67. The minimum atomic E-state index is -0.462. The summed E-state index contributed by atoms with van der Waals surface area (Å²) in [5, 5.41) is 8.58. The van der Waals surface area contributed by atoms with Crippen molar-refractivity contribution < 1.29 is 19.4 Å². The van der Waals surface area contributed by atoms with Crippen molar-refractivity contribution in [3.63, 3.8) is 0 Å². The Bertz CT molecular complexity index is 309. The minimum absolute atomic E-state index is 0.312. The topological polar surface area (TPSA) is 55.8 Å². The number of carbonyl (C=O) groups excluding carboxylic acids is 1. The van der Waals surface area contributed by atoms with E-state index in [4.69, 9.17) is 14.6 Å². The summed E-state index contributed by atoms with van der Waals surface area (Å²) in [7, 11) is 0. The fraction of sp³-hybridized carbons (Fsp3) is 0.300. The van der Waals surface area contributed by atoms with E-state index in [9.17, 15) is 4.79 Å². The van der Waals surface area contributed by atoms with E-state index in [1.54, 1.807) is 31.2 Å². The lowest BCUT2D eigenvalue weighted by molar-refractivity contribution is 0.0510. The van der Waals surface area contributed by atoms with E-state index in [0.29, 0.717) is 17.9 Å². The van der Waals surface area contributed by atoms with Gasteiger partial charge in [0.25, 0.3) is 0 Å². The number of aliphatic hydroxyl groups excluding tert-OH is 1. The molecule has 76 valence electrons. The van der Waals surface area contributed by atoms with Gasteiger partial charge in [0.15, 0.2) is 6.79 Å². The van der Waals surface area contributed by atoms with Gasteiger partial charge in [-0.05, 0) is 19.1 Å². The second-order valence-electron chi connectivity index (χ2n) is 2.49. The molecule has 0 heterocycles. The summed E-state index contributed by atoms with van der Waals surface area (Å²) in [6.45, 7) is 1.58. The van der Waals surface area contributed by atoms with Gasteiger partial charge >= 0.3 is 5.97 Å². The Labute approximate surface area is 82.1 Å². The standard InChI is InChI=1S/C10H12O4/c1-2-13-10(12)8-5-3-4-6-9(8)14-7-11/h3-6,11H,2,7H2,1H3. The lowest BCUT2D eigenvalue weighted by Gasteiger charge is -2.07. The number of rotatable bonds is 4. The zero-order valence-corrected chi connectivity index (χ0v) is 7.90. The molecule has 0 aliphatic rings. The van der Waals surface area contributed by atoms with E-state index in [2.05, 4.69) is 0 Å². The molecular formula is C10H12O4. The molecule has 0 radical (unpaired) electrons. The second kappa shape index (κ2) is 5.24. The van der Waals surface area contributed by atoms with Gasteiger partial charge in [0.2, 0.25) is 0 Å². The molecule has 0 aromatic heterocycles. The smallest absolute Gasteiger partial charge is 0.341 e. The molecule has 0 saturated heterocycles. The Morgan fingerprint density at radius 3 is 2.79 bits per heavy atom. The maximum atomic E-state index is 11.4. The number of carbonyl (C=O) groups is 1. The van der Waals surface area contributed by atoms with E-state index in [1.165, 1.54) is 0 Å². The molecule has 4 heteroatoms. The van der Waals surface area contributed by atoms with E-state index >= 15 is 0 Å². The van der Waals surface area contributed by atoms with Gasteiger partial charge in [0.05, 0.1) is 6.61 Å². The van der Waals surface area contributed by atoms with Crippen LogP contribution in [0.2, 0.25) is 0 Å². The third kappa shape index (κ3) is 2.47. The van der Waals surface area contributed by atoms with E-state index in [0.717, 1.165) is 0 Å². The number of para-hydroxylation sites is 1. The van der Waals surface area contributed by atoms with Gasteiger partial charge in [-0.1, -0.05) is 12.1 Å². The number of esters is 1. The van der Waals surface area contributed by atoms with Crippen LogP contribution in [0.1, 0.15) is 17.3 Å². The van der Waals surface area contributed by atoms with Crippen LogP contribution in [0, 0.1) is 0 Å². The summed E-state index contributed by atoms with van der Waals surface area (Å²) >= 11 is 0. The number of ether oxygens (including phenoxy) is 2. The monoisotopic (exact) mass is 196 g/mol. The summed E-state index contributed by atoms with van der Waals surface area (Å²) in [6.07, 6.45) is 0. The van der Waals surface area contributed by atoms with Crippen molar-refractivity contribution in [3.8, 4) is 5.75 Å². The van der Waals surface area contributed by atoms with Crippen LogP contribution >= 0.6 is 0 Å².